The number of piperidine rings is 2. The number of fused-ring (bicyclic) bond motifs is 4. The Hall–Kier alpha value is -9.40. The predicted octanol–water partition coefficient (Wildman–Crippen LogP) is 13.3. The van der Waals surface area contributed by atoms with Gasteiger partial charge in [-0.05, 0) is 120 Å². The Morgan fingerprint density at radius 2 is 0.966 bits per heavy atom. The average molecular weight is 1230 g/mol. The summed E-state index contributed by atoms with van der Waals surface area (Å²) in [5, 5.41) is 10.2. The van der Waals surface area contributed by atoms with Gasteiger partial charge in [0, 0.05) is 49.7 Å². The van der Waals surface area contributed by atoms with Crippen LogP contribution in [0.15, 0.2) is 167 Å². The molecule has 0 aliphatic carbocycles. The lowest BCUT2D eigenvalue weighted by Crippen LogP contribution is -2.54. The fourth-order valence-corrected chi connectivity index (χ4v) is 12.6. The molecule has 6 aliphatic rings. The van der Waals surface area contributed by atoms with Crippen LogP contribution in [0.25, 0.3) is 0 Å². The fourth-order valence-electron chi connectivity index (χ4n) is 12.3. The second kappa shape index (κ2) is 25.9. The number of nitrogens with one attached hydrogen (secondary N) is 4. The molecule has 6 aromatic rings. The van der Waals surface area contributed by atoms with Gasteiger partial charge in [0.25, 0.3) is 0 Å². The van der Waals surface area contributed by atoms with Crippen LogP contribution < -0.4 is 21.3 Å². The largest absolute Gasteiger partial charge is 0.453 e. The van der Waals surface area contributed by atoms with Gasteiger partial charge in [0.05, 0.1) is 83.1 Å². The summed E-state index contributed by atoms with van der Waals surface area (Å²) < 4.78 is 51.8. The van der Waals surface area contributed by atoms with Crippen molar-refractivity contribution < 1.29 is 56.5 Å². The Morgan fingerprint density at radius 3 is 1.34 bits per heavy atom. The molecule has 452 valence electrons. The third-order valence-corrected chi connectivity index (χ3v) is 17.1. The molecule has 2 fully saturated rings. The Morgan fingerprint density at radius 1 is 0.580 bits per heavy atom. The van der Waals surface area contributed by atoms with E-state index in [1.165, 1.54) is 26.4 Å². The number of hydrogen-bond acceptors (Lipinski definition) is 12. The molecule has 88 heavy (non-hydrogen) atoms. The minimum atomic E-state index is -1.36. The summed E-state index contributed by atoms with van der Waals surface area (Å²) >= 11 is 12.3. The van der Waals surface area contributed by atoms with Crippen molar-refractivity contribution in [3.05, 3.63) is 212 Å². The summed E-state index contributed by atoms with van der Waals surface area (Å²) in [7, 11) is 2.60. The van der Waals surface area contributed by atoms with Gasteiger partial charge in [-0.3, -0.25) is 40.8 Å². The molecule has 2 spiro atoms. The van der Waals surface area contributed by atoms with E-state index in [9.17, 15) is 28.8 Å². The van der Waals surface area contributed by atoms with Crippen LogP contribution in [0.4, 0.5) is 50.7 Å². The predicted molar refractivity (Wildman–Crippen MR) is 329 cm³/mol. The summed E-state index contributed by atoms with van der Waals surface area (Å²) in [6.07, 6.45) is 4.52. The summed E-state index contributed by atoms with van der Waals surface area (Å²) in [5.74, 6) is -2.71. The minimum Gasteiger partial charge on any atom is -0.453 e. The van der Waals surface area contributed by atoms with Crippen molar-refractivity contribution in [3.63, 3.8) is 0 Å². The summed E-state index contributed by atoms with van der Waals surface area (Å²) in [4.78, 5) is 89.7. The number of amides is 6. The normalized spacial score (nSPS) is 19.7. The lowest BCUT2D eigenvalue weighted by molar-refractivity contribution is -0.142. The highest BCUT2D eigenvalue weighted by atomic mass is 35.5. The van der Waals surface area contributed by atoms with Crippen LogP contribution in [0.2, 0.25) is 10.0 Å². The second-order valence-corrected chi connectivity index (χ2v) is 22.9. The maximum atomic E-state index is 15.5. The van der Waals surface area contributed by atoms with E-state index in [4.69, 9.17) is 32.7 Å². The monoisotopic (exact) mass is 1230 g/mol. The van der Waals surface area contributed by atoms with Crippen LogP contribution in [0.1, 0.15) is 71.9 Å². The Kier molecular flexibility index (Phi) is 17.7. The summed E-state index contributed by atoms with van der Waals surface area (Å²) in [6, 6.07) is 39.8. The minimum absolute atomic E-state index is 0.00442. The van der Waals surface area contributed by atoms with E-state index in [0.29, 0.717) is 87.2 Å². The van der Waals surface area contributed by atoms with Crippen molar-refractivity contribution in [2.75, 3.05) is 61.7 Å². The zero-order chi connectivity index (χ0) is 61.7. The lowest BCUT2D eigenvalue weighted by atomic mass is 9.81. The van der Waals surface area contributed by atoms with Crippen LogP contribution in [0.5, 0.6) is 0 Å². The lowest BCUT2D eigenvalue weighted by Gasteiger charge is -2.45. The number of anilines is 4. The molecule has 6 heterocycles. The number of halogens is 4. The summed E-state index contributed by atoms with van der Waals surface area (Å²) in [6.45, 7) is 0.878. The highest BCUT2D eigenvalue weighted by Gasteiger charge is 2.51. The first-order valence-electron chi connectivity index (χ1n) is 28.6. The number of rotatable bonds is 12. The molecule has 18 nitrogen and oxygen atoms in total. The van der Waals surface area contributed by atoms with Gasteiger partial charge in [-0.2, -0.15) is 0 Å². The van der Waals surface area contributed by atoms with E-state index in [1.807, 2.05) is 84.9 Å². The topological polar surface area (TPSA) is 219 Å². The van der Waals surface area contributed by atoms with E-state index in [1.54, 1.807) is 58.6 Å². The molecule has 6 amide bonds. The molecule has 2 saturated heterocycles. The van der Waals surface area contributed by atoms with Crippen molar-refractivity contribution in [2.24, 2.45) is 21.8 Å². The number of nitrogens with zero attached hydrogens (tertiary/aromatic N) is 4. The molecule has 0 radical (unpaired) electrons. The first-order valence-corrected chi connectivity index (χ1v) is 29.3. The van der Waals surface area contributed by atoms with Gasteiger partial charge in [0.1, 0.15) is 0 Å². The van der Waals surface area contributed by atoms with Gasteiger partial charge in [0.2, 0.25) is 11.8 Å². The molecule has 22 heteroatoms. The molecule has 12 rings (SSSR count). The zero-order valence-corrected chi connectivity index (χ0v) is 49.4. The molecule has 2 unspecified atom stereocenters. The fraction of sp³-hybridized carbons (Fsp3) is 0.273. The highest BCUT2D eigenvalue weighted by Crippen LogP contribution is 2.48. The van der Waals surface area contributed by atoms with Gasteiger partial charge in [-0.25, -0.2) is 28.0 Å². The Labute approximate surface area is 515 Å². The maximum absolute atomic E-state index is 15.5. The molecule has 4 N–H and O–H groups in total. The van der Waals surface area contributed by atoms with E-state index in [0.717, 1.165) is 44.8 Å². The van der Waals surface area contributed by atoms with E-state index in [2.05, 4.69) is 40.7 Å². The molecule has 0 aromatic heterocycles. The van der Waals surface area contributed by atoms with Crippen LogP contribution >= 0.6 is 23.2 Å². The van der Waals surface area contributed by atoms with Crippen molar-refractivity contribution in [1.82, 2.24) is 9.80 Å². The van der Waals surface area contributed by atoms with Crippen LogP contribution in [0, 0.1) is 23.5 Å². The average Bonchev–Trinajstić information content (AvgIpc) is 1.09. The van der Waals surface area contributed by atoms with Crippen LogP contribution in [0.3, 0.4) is 0 Å². The van der Waals surface area contributed by atoms with Gasteiger partial charge in [-0.1, -0.05) is 108 Å². The number of hydrogen-bond donors (Lipinski definition) is 4. The molecular formula is C66H60Cl2F2N8O10. The maximum Gasteiger partial charge on any atom is 0.412 e. The van der Waals surface area contributed by atoms with E-state index in [-0.39, 0.29) is 46.1 Å². The molecular weight excluding hydrogens is 1170 g/mol. The highest BCUT2D eigenvalue weighted by molar-refractivity contribution is 6.31. The van der Waals surface area contributed by atoms with Crippen molar-refractivity contribution >= 4 is 93.6 Å². The van der Waals surface area contributed by atoms with Gasteiger partial charge >= 0.3 is 24.4 Å². The zero-order valence-electron chi connectivity index (χ0n) is 47.9. The number of benzene rings is 6. The Bertz CT molecular complexity index is 3600. The smallest absolute Gasteiger partial charge is 0.412 e. The molecule has 0 saturated carbocycles. The quantitative estimate of drug-likeness (QED) is 0.0849. The van der Waals surface area contributed by atoms with E-state index >= 15 is 8.78 Å². The number of carbonyl (C=O) groups excluding carboxylic acids is 6. The first-order chi connectivity index (χ1) is 42.5. The second-order valence-electron chi connectivity index (χ2n) is 22.1. The summed E-state index contributed by atoms with van der Waals surface area (Å²) in [5.41, 5.74) is 6.36. The third kappa shape index (κ3) is 12.8. The SMILES string of the molecule is COC(=O)Nc1ccc(C2=NC=C(C(Cc3ccccc3)C(=O)N3CCC[C@@]4(C3)OC(=O)Nc3ccc(Cl)c(F)c34)C2)cc1.COC(=O)Nc1ccc(C2=NC=C(C(Cc3ccccc3)C(=O)N3CCC[C@@]4(C3)OC(=O)Nc3ccc(Cl)c(F)c34)C2)cc1. The van der Waals surface area contributed by atoms with Gasteiger partial charge in [-0.15, -0.1) is 0 Å². The van der Waals surface area contributed by atoms with Crippen molar-refractivity contribution in [3.8, 4) is 0 Å². The first kappa shape index (κ1) is 60.3. The van der Waals surface area contributed by atoms with E-state index < -0.39 is 59.0 Å². The Balaban J connectivity index is 0.000000182. The standard InChI is InChI=1S/2C33H30ClFN4O5/c2*1-43-31(41)37-23-10-8-21(9-11-23)27-17-22(18-36-27)24(16-20-6-3-2-4-7-20)30(40)39-15-5-14-33(19-39)28-26(38-32(42)44-33)13-12-25(34)29(28)35/h2*2-4,6-13,18,24H,5,14-17,19H2,1H3,(H,37,41)(H,38,42)/t2*24?,33-/m00/s1. The number of ether oxygens (including phenoxy) is 4. The number of aliphatic imine (C=N–C) groups is 2. The van der Waals surface area contributed by atoms with Crippen LogP contribution in [-0.4, -0.2) is 97.8 Å². The van der Waals surface area contributed by atoms with Crippen LogP contribution in [-0.2, 0) is 52.6 Å². The molecule has 4 atom stereocenters. The number of methoxy groups -OCH3 is 2. The molecule has 6 aromatic carbocycles. The number of carbonyl (C=O) groups is 6. The molecule has 6 aliphatic heterocycles. The van der Waals surface area contributed by atoms with Gasteiger partial charge in [0.15, 0.2) is 22.8 Å². The van der Waals surface area contributed by atoms with Gasteiger partial charge < -0.3 is 28.7 Å². The molecule has 0 bridgehead atoms. The number of likely N-dealkylation sites (tertiary alicyclic amines) is 2. The third-order valence-electron chi connectivity index (χ3n) is 16.6. The van der Waals surface area contributed by atoms with Crippen molar-refractivity contribution in [2.45, 2.75) is 62.6 Å². The van der Waals surface area contributed by atoms with Crippen molar-refractivity contribution in [1.29, 1.82) is 0 Å².